The van der Waals surface area contributed by atoms with Crippen molar-refractivity contribution in [1.29, 1.82) is 0 Å². The van der Waals surface area contributed by atoms with Gasteiger partial charge in [-0.15, -0.1) is 10.2 Å². The molecule has 0 spiro atoms. The summed E-state index contributed by atoms with van der Waals surface area (Å²) in [4.78, 5) is 12.4. The van der Waals surface area contributed by atoms with Gasteiger partial charge in [0.05, 0.1) is 41.6 Å². The lowest BCUT2D eigenvalue weighted by Gasteiger charge is -2.46. The Bertz CT molecular complexity index is 1730. The van der Waals surface area contributed by atoms with Crippen molar-refractivity contribution in [1.82, 2.24) is 40.2 Å². The molecule has 39 heavy (non-hydrogen) atoms. The number of pyridine rings is 1. The number of thioether (sulfide) groups is 1. The molecule has 2 aliphatic heterocycles. The molecule has 1 saturated carbocycles. The zero-order valence-electron chi connectivity index (χ0n) is 21.1. The van der Waals surface area contributed by atoms with Crippen molar-refractivity contribution < 1.29 is 8.81 Å². The Labute approximate surface area is 226 Å². The molecule has 0 radical (unpaired) electrons. The van der Waals surface area contributed by atoms with E-state index in [0.29, 0.717) is 16.8 Å². The summed E-state index contributed by atoms with van der Waals surface area (Å²) < 4.78 is 21.6. The van der Waals surface area contributed by atoms with Gasteiger partial charge >= 0.3 is 0 Å². The molecule has 4 unspecified atom stereocenters. The molecular formula is C27H24FN9OS. The number of rotatable bonds is 5. The van der Waals surface area contributed by atoms with E-state index in [0.717, 1.165) is 35.6 Å². The molecule has 1 aromatic carbocycles. The number of nitrogens with one attached hydrogen (secondary N) is 3. The normalized spacial score (nSPS) is 28.4. The van der Waals surface area contributed by atoms with E-state index in [2.05, 4.69) is 60.2 Å². The Hall–Kier alpha value is -4.03. The van der Waals surface area contributed by atoms with E-state index in [9.17, 15) is 4.39 Å². The molecule has 10 nitrogen and oxygen atoms in total. The van der Waals surface area contributed by atoms with E-state index in [1.165, 1.54) is 29.6 Å². The highest BCUT2D eigenvalue weighted by molar-refractivity contribution is 7.98. The molecule has 8 rings (SSSR count). The van der Waals surface area contributed by atoms with Crippen molar-refractivity contribution in [3.63, 3.8) is 0 Å². The maximum Gasteiger partial charge on any atom is 0.276 e. The number of aryl methyl sites for hydroxylation is 1. The summed E-state index contributed by atoms with van der Waals surface area (Å²) in [6.45, 7) is 0. The number of anilines is 1. The standard InChI is InChI=1S/C27H24FN9OS/c1-37-13-15(10-31-37)27(23-35-36-24(38-23)39-2)26-14-25(26,17-5-3-4-6-18(17)33-26)9-20(34-27)22-30-12-21(32-22)19-8-7-16(28)11-29-19/h3-8,10-13,20,33-34H,9,14H2,1-2H3,(H,30,32). The van der Waals surface area contributed by atoms with E-state index in [4.69, 9.17) is 9.40 Å². The van der Waals surface area contributed by atoms with Gasteiger partial charge in [0.25, 0.3) is 5.22 Å². The molecular weight excluding hydrogens is 517 g/mol. The molecule has 1 aliphatic carbocycles. The van der Waals surface area contributed by atoms with Crippen LogP contribution < -0.4 is 10.6 Å². The quantitative estimate of drug-likeness (QED) is 0.284. The zero-order valence-corrected chi connectivity index (χ0v) is 22.0. The van der Waals surface area contributed by atoms with Crippen LogP contribution in [-0.2, 0) is 18.0 Å². The van der Waals surface area contributed by atoms with Gasteiger partial charge in [0.1, 0.15) is 11.6 Å². The summed E-state index contributed by atoms with van der Waals surface area (Å²) in [5.41, 5.74) is 3.12. The van der Waals surface area contributed by atoms with Crippen LogP contribution in [-0.4, -0.2) is 46.7 Å². The number of nitrogens with zero attached hydrogens (tertiary/aromatic N) is 6. The molecule has 4 aromatic heterocycles. The lowest BCUT2D eigenvalue weighted by Crippen LogP contribution is -2.63. The molecule has 0 amide bonds. The molecule has 5 aromatic rings. The van der Waals surface area contributed by atoms with Crippen LogP contribution in [0.2, 0.25) is 0 Å². The predicted molar refractivity (Wildman–Crippen MR) is 141 cm³/mol. The van der Waals surface area contributed by atoms with Gasteiger partial charge < -0.3 is 14.7 Å². The minimum atomic E-state index is -0.898. The Morgan fingerprint density at radius 3 is 2.77 bits per heavy atom. The molecule has 0 bridgehead atoms. The Morgan fingerprint density at radius 2 is 2.00 bits per heavy atom. The number of hydrogen-bond donors (Lipinski definition) is 3. The van der Waals surface area contributed by atoms with E-state index in [1.807, 2.05) is 25.7 Å². The van der Waals surface area contributed by atoms with Crippen LogP contribution in [0, 0.1) is 5.82 Å². The van der Waals surface area contributed by atoms with Crippen LogP contribution in [0.3, 0.4) is 0 Å². The lowest BCUT2D eigenvalue weighted by atomic mass is 9.70. The third kappa shape index (κ3) is 2.92. The fourth-order valence-electron chi connectivity index (χ4n) is 6.96. The van der Waals surface area contributed by atoms with E-state index < -0.39 is 11.1 Å². The number of halogens is 1. The number of benzene rings is 1. The lowest BCUT2D eigenvalue weighted by molar-refractivity contribution is 0.161. The van der Waals surface area contributed by atoms with E-state index in [-0.39, 0.29) is 17.3 Å². The topological polar surface area (TPSA) is 122 Å². The van der Waals surface area contributed by atoms with Crippen LogP contribution in [0.5, 0.6) is 0 Å². The Kier molecular flexibility index (Phi) is 4.56. The first kappa shape index (κ1) is 22.9. The van der Waals surface area contributed by atoms with Gasteiger partial charge in [-0.1, -0.05) is 30.0 Å². The fraction of sp³-hybridized carbons (Fsp3) is 0.296. The zero-order chi connectivity index (χ0) is 26.4. The van der Waals surface area contributed by atoms with Crippen LogP contribution in [0.25, 0.3) is 11.4 Å². The highest BCUT2D eigenvalue weighted by Gasteiger charge is 2.85. The number of H-pyrrole nitrogens is 1. The molecule has 12 heteroatoms. The number of imidazole rings is 1. The van der Waals surface area contributed by atoms with E-state index >= 15 is 0 Å². The molecule has 3 aliphatic rings. The van der Waals surface area contributed by atoms with Crippen molar-refractivity contribution in [2.24, 2.45) is 7.05 Å². The first-order valence-corrected chi connectivity index (χ1v) is 13.9. The second-order valence-electron chi connectivity index (χ2n) is 10.5. The van der Waals surface area contributed by atoms with Gasteiger partial charge in [-0.2, -0.15) is 5.10 Å². The van der Waals surface area contributed by atoms with Gasteiger partial charge in [-0.05, 0) is 42.9 Å². The van der Waals surface area contributed by atoms with Gasteiger partial charge in [0.2, 0.25) is 5.89 Å². The summed E-state index contributed by atoms with van der Waals surface area (Å²) in [5.74, 6) is 0.862. The second kappa shape index (κ2) is 7.76. The molecule has 196 valence electrons. The fourth-order valence-corrected chi connectivity index (χ4v) is 7.25. The third-order valence-corrected chi connectivity index (χ3v) is 9.12. The average molecular weight is 542 g/mol. The number of hydrogen-bond acceptors (Lipinski definition) is 9. The van der Waals surface area contributed by atoms with Gasteiger partial charge in [-0.3, -0.25) is 15.0 Å². The SMILES string of the molecule is CSc1nnc(C2(c3cnn(C)c3)NC(c3ncc(-c4ccc(F)cn4)[nH]3)CC34CC32Nc2ccccc24)o1. The summed E-state index contributed by atoms with van der Waals surface area (Å²) >= 11 is 1.41. The highest BCUT2D eigenvalue weighted by Crippen LogP contribution is 2.77. The van der Waals surface area contributed by atoms with Gasteiger partial charge in [0.15, 0.2) is 5.54 Å². The summed E-state index contributed by atoms with van der Waals surface area (Å²) in [7, 11) is 1.90. The largest absolute Gasteiger partial charge is 0.413 e. The van der Waals surface area contributed by atoms with Crippen LogP contribution in [0.15, 0.2) is 70.8 Å². The van der Waals surface area contributed by atoms with E-state index in [1.54, 1.807) is 16.9 Å². The average Bonchev–Trinajstić information content (AvgIpc) is 3.52. The summed E-state index contributed by atoms with van der Waals surface area (Å²) in [6.07, 6.45) is 10.4. The molecule has 6 heterocycles. The van der Waals surface area contributed by atoms with Crippen LogP contribution in [0.4, 0.5) is 10.1 Å². The number of aromatic amines is 1. The van der Waals surface area contributed by atoms with Gasteiger partial charge in [-0.25, -0.2) is 9.37 Å². The van der Waals surface area contributed by atoms with Crippen LogP contribution in [0.1, 0.15) is 41.7 Å². The smallest absolute Gasteiger partial charge is 0.276 e. The van der Waals surface area contributed by atoms with Crippen molar-refractivity contribution in [3.8, 4) is 11.4 Å². The number of piperidine rings is 1. The number of para-hydroxylation sites is 1. The number of aromatic nitrogens is 7. The monoisotopic (exact) mass is 541 g/mol. The Balaban J connectivity index is 1.32. The number of fused-ring (bicyclic) bond motifs is 1. The van der Waals surface area contributed by atoms with Crippen molar-refractivity contribution >= 4 is 17.4 Å². The molecule has 3 N–H and O–H groups in total. The minimum absolute atomic E-state index is 0.201. The highest BCUT2D eigenvalue weighted by atomic mass is 32.2. The third-order valence-electron chi connectivity index (χ3n) is 8.60. The maximum absolute atomic E-state index is 13.5. The molecule has 2 fully saturated rings. The summed E-state index contributed by atoms with van der Waals surface area (Å²) in [5, 5.41) is 21.8. The molecule has 4 atom stereocenters. The van der Waals surface area contributed by atoms with Crippen molar-refractivity contribution in [2.75, 3.05) is 11.6 Å². The van der Waals surface area contributed by atoms with Crippen LogP contribution >= 0.6 is 11.8 Å². The van der Waals surface area contributed by atoms with Crippen molar-refractivity contribution in [2.45, 2.75) is 40.6 Å². The second-order valence-corrected chi connectivity index (χ2v) is 11.3. The minimum Gasteiger partial charge on any atom is -0.413 e. The van der Waals surface area contributed by atoms with Crippen molar-refractivity contribution in [3.05, 3.63) is 89.8 Å². The first-order valence-electron chi connectivity index (χ1n) is 12.7. The van der Waals surface area contributed by atoms with Gasteiger partial charge in [0, 0.05) is 29.9 Å². The first-order chi connectivity index (χ1) is 19.0. The Morgan fingerprint density at radius 1 is 1.10 bits per heavy atom. The predicted octanol–water partition coefficient (Wildman–Crippen LogP) is 3.93. The maximum atomic E-state index is 13.5. The molecule has 1 saturated heterocycles. The summed E-state index contributed by atoms with van der Waals surface area (Å²) in [6, 6.07) is 11.3.